The van der Waals surface area contributed by atoms with Crippen LogP contribution in [-0.4, -0.2) is 41.1 Å². The smallest absolute Gasteiger partial charge is 0.358 e. The van der Waals surface area contributed by atoms with Crippen LogP contribution in [0.5, 0.6) is 5.75 Å². The number of benzene rings is 2. The third-order valence-electron chi connectivity index (χ3n) is 3.20. The maximum atomic E-state index is 12.4. The molecule has 0 unspecified atom stereocenters. The number of halogens is 1. The number of nitrogens with one attached hydrogen (secondary N) is 1. The summed E-state index contributed by atoms with van der Waals surface area (Å²) in [6, 6.07) is 10.5. The summed E-state index contributed by atoms with van der Waals surface area (Å²) in [5, 5.41) is 2.48. The Hall–Kier alpha value is -2.50. The fraction of sp³-hybridized carbons (Fsp3) is 0.133. The number of nitrogens with zero attached hydrogens (tertiary/aromatic N) is 1. The van der Waals surface area contributed by atoms with Gasteiger partial charge in [-0.1, -0.05) is 16.0 Å². The molecular weight excluding hydrogens is 387 g/mol. The summed E-state index contributed by atoms with van der Waals surface area (Å²) in [5.41, 5.74) is 0.170. The van der Waals surface area contributed by atoms with Crippen LogP contribution in [-0.2, 0) is 20.5 Å². The molecule has 0 aromatic heterocycles. The normalized spacial score (nSPS) is 12.0. The second-order valence-corrected chi connectivity index (χ2v) is 8.31. The average molecular weight is 402 g/mol. The van der Waals surface area contributed by atoms with E-state index in [1.807, 2.05) is 0 Å². The van der Waals surface area contributed by atoms with Gasteiger partial charge in [0.05, 0.1) is 10.5 Å². The van der Waals surface area contributed by atoms with Gasteiger partial charge in [-0.3, -0.25) is 4.79 Å². The maximum absolute atomic E-state index is 12.4. The van der Waals surface area contributed by atoms with E-state index in [0.29, 0.717) is 0 Å². The molecule has 0 aliphatic heterocycles. The number of hydrogen-bond acceptors (Lipinski definition) is 6. The fourth-order valence-corrected chi connectivity index (χ4v) is 3.41. The first-order valence-corrected chi connectivity index (χ1v) is 9.82. The topological polar surface area (TPSA) is 110 Å². The Kier molecular flexibility index (Phi) is 5.64. The first-order valence-electron chi connectivity index (χ1n) is 7.08. The fourth-order valence-electron chi connectivity index (χ4n) is 1.98. The lowest BCUT2D eigenvalue weighted by Crippen LogP contribution is -2.25. The second-order valence-electron chi connectivity index (χ2n) is 5.24. The van der Waals surface area contributed by atoms with Crippen molar-refractivity contribution in [3.8, 4) is 5.75 Å². The second kappa shape index (κ2) is 7.40. The zero-order valence-electron chi connectivity index (χ0n) is 13.7. The van der Waals surface area contributed by atoms with Gasteiger partial charge in [-0.05, 0) is 36.4 Å². The number of carbonyl (C=O) groups excluding carboxylic acids is 1. The van der Waals surface area contributed by atoms with Crippen molar-refractivity contribution in [3.05, 3.63) is 54.1 Å². The van der Waals surface area contributed by atoms with Gasteiger partial charge < -0.3 is 9.50 Å². The van der Waals surface area contributed by atoms with Crippen molar-refractivity contribution in [2.45, 2.75) is 4.90 Å². The predicted octanol–water partition coefficient (Wildman–Crippen LogP) is 1.78. The van der Waals surface area contributed by atoms with Crippen LogP contribution in [0.2, 0.25) is 0 Å². The Morgan fingerprint density at radius 1 is 1.00 bits per heavy atom. The number of hydrogen-bond donors (Lipinski definition) is 1. The largest absolute Gasteiger partial charge is 0.488 e. The molecule has 0 radical (unpaired) electrons. The molecule has 0 saturated carbocycles. The monoisotopic (exact) mass is 402 g/mol. The van der Waals surface area contributed by atoms with Gasteiger partial charge >= 0.3 is 10.5 Å². The van der Waals surface area contributed by atoms with Gasteiger partial charge in [0.2, 0.25) is 10.0 Å². The summed E-state index contributed by atoms with van der Waals surface area (Å²) in [7, 11) is -6.27. The molecule has 11 heteroatoms. The molecule has 0 atom stereocenters. The summed E-state index contributed by atoms with van der Waals surface area (Å²) >= 11 is 0. The van der Waals surface area contributed by atoms with Crippen LogP contribution >= 0.6 is 0 Å². The van der Waals surface area contributed by atoms with Crippen molar-refractivity contribution in [3.63, 3.8) is 0 Å². The van der Waals surface area contributed by atoms with Gasteiger partial charge in [0.1, 0.15) is 5.75 Å². The summed E-state index contributed by atoms with van der Waals surface area (Å²) in [6.45, 7) is 0. The van der Waals surface area contributed by atoms with E-state index in [-0.39, 0.29) is 21.9 Å². The average Bonchev–Trinajstić information content (AvgIpc) is 2.55. The van der Waals surface area contributed by atoms with Gasteiger partial charge in [0.15, 0.2) is 0 Å². The highest BCUT2D eigenvalue weighted by atomic mass is 32.3. The number of sulfonamides is 1. The lowest BCUT2D eigenvalue weighted by Gasteiger charge is -2.15. The predicted molar refractivity (Wildman–Crippen MR) is 92.4 cm³/mol. The maximum Gasteiger partial charge on any atom is 0.488 e. The first-order chi connectivity index (χ1) is 12.0. The van der Waals surface area contributed by atoms with Crippen LogP contribution in [0.3, 0.4) is 0 Å². The Morgan fingerprint density at radius 3 is 2.12 bits per heavy atom. The molecule has 2 aromatic carbocycles. The highest BCUT2D eigenvalue weighted by Crippen LogP contribution is 2.22. The van der Waals surface area contributed by atoms with E-state index in [9.17, 15) is 25.5 Å². The van der Waals surface area contributed by atoms with Crippen LogP contribution in [0, 0.1) is 0 Å². The quantitative estimate of drug-likeness (QED) is 0.738. The van der Waals surface area contributed by atoms with Crippen LogP contribution in [0.4, 0.5) is 9.57 Å². The van der Waals surface area contributed by atoms with E-state index in [1.54, 1.807) is 0 Å². The minimum atomic E-state index is -5.14. The van der Waals surface area contributed by atoms with Crippen molar-refractivity contribution in [1.82, 2.24) is 4.31 Å². The third-order valence-corrected chi connectivity index (χ3v) is 5.46. The summed E-state index contributed by atoms with van der Waals surface area (Å²) < 4.78 is 63.0. The Balaban J connectivity index is 2.27. The van der Waals surface area contributed by atoms with Crippen LogP contribution in [0.1, 0.15) is 10.4 Å². The molecule has 0 heterocycles. The molecule has 0 spiro atoms. The SMILES string of the molecule is CN(C)S(=O)(=O)c1ccccc1C(=O)Nc1ccc(OS(=O)(=O)F)cc1. The lowest BCUT2D eigenvalue weighted by molar-refractivity contribution is 0.102. The molecule has 8 nitrogen and oxygen atoms in total. The number of anilines is 1. The van der Waals surface area contributed by atoms with Gasteiger partial charge in [-0.25, -0.2) is 12.7 Å². The highest BCUT2D eigenvalue weighted by molar-refractivity contribution is 7.89. The van der Waals surface area contributed by atoms with E-state index >= 15 is 0 Å². The van der Waals surface area contributed by atoms with Gasteiger partial charge in [-0.15, -0.1) is 0 Å². The molecule has 1 N–H and O–H groups in total. The molecule has 1 amide bonds. The zero-order valence-corrected chi connectivity index (χ0v) is 15.3. The van der Waals surface area contributed by atoms with E-state index in [0.717, 1.165) is 16.4 Å². The molecule has 2 aromatic rings. The number of rotatable bonds is 6. The molecule has 140 valence electrons. The summed E-state index contributed by atoms with van der Waals surface area (Å²) in [5.74, 6) is -0.959. The summed E-state index contributed by atoms with van der Waals surface area (Å²) in [4.78, 5) is 12.3. The molecule has 0 aliphatic carbocycles. The lowest BCUT2D eigenvalue weighted by atomic mass is 10.2. The molecule has 0 aliphatic rings. The first kappa shape index (κ1) is 19.8. The van der Waals surface area contributed by atoms with Crippen LogP contribution < -0.4 is 9.50 Å². The Labute approximate surface area is 150 Å². The van der Waals surface area contributed by atoms with E-state index in [1.165, 1.54) is 50.5 Å². The van der Waals surface area contributed by atoms with Crippen LogP contribution in [0.25, 0.3) is 0 Å². The van der Waals surface area contributed by atoms with E-state index in [4.69, 9.17) is 0 Å². The summed E-state index contributed by atoms with van der Waals surface area (Å²) in [6.07, 6.45) is 0. The van der Waals surface area contributed by atoms with Crippen molar-refractivity contribution in [1.29, 1.82) is 0 Å². The van der Waals surface area contributed by atoms with E-state index < -0.39 is 26.4 Å². The molecule has 26 heavy (non-hydrogen) atoms. The molecule has 0 fully saturated rings. The minimum Gasteiger partial charge on any atom is -0.358 e. The van der Waals surface area contributed by atoms with Crippen molar-refractivity contribution in [2.24, 2.45) is 0 Å². The number of amides is 1. The van der Waals surface area contributed by atoms with Gasteiger partial charge in [-0.2, -0.15) is 8.42 Å². The molecule has 2 rings (SSSR count). The van der Waals surface area contributed by atoms with Crippen molar-refractivity contribution < 1.29 is 29.7 Å². The number of carbonyl (C=O) groups is 1. The van der Waals surface area contributed by atoms with Crippen molar-refractivity contribution in [2.75, 3.05) is 19.4 Å². The molecule has 0 saturated heterocycles. The molecule has 0 bridgehead atoms. The minimum absolute atomic E-state index is 0.0622. The van der Waals surface area contributed by atoms with Gasteiger partial charge in [0, 0.05) is 19.8 Å². The molecular formula is C15H15FN2O6S2. The Morgan fingerprint density at radius 2 is 1.58 bits per heavy atom. The third kappa shape index (κ3) is 4.77. The van der Waals surface area contributed by atoms with Crippen LogP contribution in [0.15, 0.2) is 53.4 Å². The van der Waals surface area contributed by atoms with Gasteiger partial charge in [0.25, 0.3) is 5.91 Å². The highest BCUT2D eigenvalue weighted by Gasteiger charge is 2.24. The standard InChI is InChI=1S/C15H15FN2O6S2/c1-18(2)25(20,21)14-6-4-3-5-13(14)15(19)17-11-7-9-12(10-8-11)24-26(16,22)23/h3-10H,1-2H3,(H,17,19). The van der Waals surface area contributed by atoms with Crippen molar-refractivity contribution >= 4 is 32.1 Å². The van der Waals surface area contributed by atoms with E-state index in [2.05, 4.69) is 9.50 Å². The zero-order chi connectivity index (χ0) is 19.5. The Bertz CT molecular complexity index is 1020.